The molecule has 0 heterocycles. The molecule has 6 heteroatoms. The molecule has 0 rings (SSSR count). The summed E-state index contributed by atoms with van der Waals surface area (Å²) >= 11 is 0. The molecule has 0 radical (unpaired) electrons. The Morgan fingerprint density at radius 1 is 0.273 bits per heavy atom. The molecule has 0 bridgehead atoms. The fourth-order valence-electron chi connectivity index (χ4n) is 7.16. The molecule has 0 saturated heterocycles. The van der Waals surface area contributed by atoms with Crippen molar-refractivity contribution in [2.24, 2.45) is 0 Å². The zero-order chi connectivity index (χ0) is 55.7. The maximum Gasteiger partial charge on any atom is 0.306 e. The summed E-state index contributed by atoms with van der Waals surface area (Å²) in [6.45, 7) is 6.21. The van der Waals surface area contributed by atoms with E-state index >= 15 is 0 Å². The Hall–Kier alpha value is -5.75. The van der Waals surface area contributed by atoms with E-state index in [4.69, 9.17) is 14.2 Å². The fraction of sp³-hybridized carbons (Fsp3) is 0.507. The summed E-state index contributed by atoms with van der Waals surface area (Å²) in [5.74, 6) is -1.09. The molecule has 0 aromatic carbocycles. The quantitative estimate of drug-likeness (QED) is 0.0261. The molecule has 0 amide bonds. The van der Waals surface area contributed by atoms with Crippen LogP contribution in [0, 0.1) is 0 Å². The van der Waals surface area contributed by atoms with Crippen LogP contribution in [0.3, 0.4) is 0 Å². The summed E-state index contributed by atoms with van der Waals surface area (Å²) in [6.07, 6.45) is 95.8. The van der Waals surface area contributed by atoms with E-state index in [2.05, 4.69) is 215 Å². The molecule has 0 aliphatic heterocycles. The number of ether oxygens (including phenoxy) is 3. The van der Waals surface area contributed by atoms with Crippen LogP contribution in [0.1, 0.15) is 213 Å². The van der Waals surface area contributed by atoms with Crippen LogP contribution >= 0.6 is 0 Å². The highest BCUT2D eigenvalue weighted by atomic mass is 16.6. The lowest BCUT2D eigenvalue weighted by molar-refractivity contribution is -0.167. The molecular formula is C71H106O6. The first kappa shape index (κ1) is 71.2. The van der Waals surface area contributed by atoms with Gasteiger partial charge < -0.3 is 14.2 Å². The summed E-state index contributed by atoms with van der Waals surface area (Å²) in [6, 6.07) is 0. The zero-order valence-electron chi connectivity index (χ0n) is 48.6. The molecule has 0 aromatic rings. The van der Waals surface area contributed by atoms with Gasteiger partial charge in [-0.15, -0.1) is 0 Å². The van der Waals surface area contributed by atoms with Crippen LogP contribution in [0.2, 0.25) is 0 Å². The van der Waals surface area contributed by atoms with E-state index in [1.54, 1.807) is 0 Å². The number of carbonyl (C=O) groups is 3. The highest BCUT2D eigenvalue weighted by molar-refractivity contribution is 5.71. The minimum absolute atomic E-state index is 0.138. The first-order chi connectivity index (χ1) is 38.0. The predicted octanol–water partition coefficient (Wildman–Crippen LogP) is 20.6. The number of hydrogen-bond donors (Lipinski definition) is 0. The van der Waals surface area contributed by atoms with Crippen LogP contribution in [0.4, 0.5) is 0 Å². The summed E-state index contributed by atoms with van der Waals surface area (Å²) < 4.78 is 16.8. The lowest BCUT2D eigenvalue weighted by Gasteiger charge is -2.18. The van der Waals surface area contributed by atoms with Gasteiger partial charge in [0.1, 0.15) is 13.2 Å². The van der Waals surface area contributed by atoms with Gasteiger partial charge in [0.05, 0.1) is 0 Å². The van der Waals surface area contributed by atoms with Gasteiger partial charge in [0, 0.05) is 19.3 Å². The Labute approximate surface area is 471 Å². The molecule has 0 fully saturated rings. The molecule has 77 heavy (non-hydrogen) atoms. The maximum absolute atomic E-state index is 12.9. The van der Waals surface area contributed by atoms with Crippen molar-refractivity contribution in [3.8, 4) is 0 Å². The van der Waals surface area contributed by atoms with Crippen LogP contribution in [-0.4, -0.2) is 37.2 Å². The monoisotopic (exact) mass is 1050 g/mol. The van der Waals surface area contributed by atoms with Gasteiger partial charge in [0.15, 0.2) is 6.10 Å². The Morgan fingerprint density at radius 2 is 0.519 bits per heavy atom. The number of unbranched alkanes of at least 4 members (excludes halogenated alkanes) is 8. The lowest BCUT2D eigenvalue weighted by atomic mass is 10.1. The highest BCUT2D eigenvalue weighted by Crippen LogP contribution is 2.11. The SMILES string of the molecule is CC/C=C\C/C=C\C/C=C\C/C=C\C/C=C\C/C=C\C/C=C\CCCC(=O)OCC(COC(=O)CCCCCCC/C=C\C/C=C\CCC)OC(=O)CCC/C=C\C/C=C\C/C=C\C/C=C\C/C=C\C/C=C\C/C=C\CC. The van der Waals surface area contributed by atoms with Gasteiger partial charge in [0.25, 0.3) is 0 Å². The smallest absolute Gasteiger partial charge is 0.306 e. The Balaban J connectivity index is 4.62. The lowest BCUT2D eigenvalue weighted by Crippen LogP contribution is -2.30. The van der Waals surface area contributed by atoms with Gasteiger partial charge in [-0.05, 0) is 148 Å². The average Bonchev–Trinajstić information content (AvgIpc) is 3.43. The fourth-order valence-corrected chi connectivity index (χ4v) is 7.16. The van der Waals surface area contributed by atoms with Gasteiger partial charge in [-0.3, -0.25) is 14.4 Å². The predicted molar refractivity (Wildman–Crippen MR) is 334 cm³/mol. The van der Waals surface area contributed by atoms with Gasteiger partial charge in [-0.1, -0.05) is 241 Å². The number of hydrogen-bond acceptors (Lipinski definition) is 6. The molecule has 0 aliphatic carbocycles. The Kier molecular flexibility index (Phi) is 58.1. The molecule has 0 spiro atoms. The van der Waals surface area contributed by atoms with Crippen LogP contribution in [-0.2, 0) is 28.6 Å². The second-order valence-corrected chi connectivity index (χ2v) is 18.8. The van der Waals surface area contributed by atoms with Crippen molar-refractivity contribution in [2.75, 3.05) is 13.2 Å². The molecule has 1 unspecified atom stereocenters. The second kappa shape index (κ2) is 62.8. The molecule has 426 valence electrons. The highest BCUT2D eigenvalue weighted by Gasteiger charge is 2.19. The van der Waals surface area contributed by atoms with Crippen LogP contribution in [0.15, 0.2) is 194 Å². The summed E-state index contributed by atoms with van der Waals surface area (Å²) in [5.41, 5.74) is 0. The number of allylic oxidation sites excluding steroid dienone is 32. The normalized spacial score (nSPS) is 13.5. The van der Waals surface area contributed by atoms with Crippen LogP contribution < -0.4 is 0 Å². The third-order valence-electron chi connectivity index (χ3n) is 11.5. The van der Waals surface area contributed by atoms with E-state index in [0.717, 1.165) is 154 Å². The largest absolute Gasteiger partial charge is 0.462 e. The molecule has 0 saturated carbocycles. The molecule has 6 nitrogen and oxygen atoms in total. The third-order valence-corrected chi connectivity index (χ3v) is 11.5. The van der Waals surface area contributed by atoms with E-state index in [-0.39, 0.29) is 38.0 Å². The van der Waals surface area contributed by atoms with Gasteiger partial charge in [-0.25, -0.2) is 0 Å². The van der Waals surface area contributed by atoms with Crippen molar-refractivity contribution >= 4 is 17.9 Å². The summed E-state index contributed by atoms with van der Waals surface area (Å²) in [7, 11) is 0. The van der Waals surface area contributed by atoms with Crippen LogP contribution in [0.5, 0.6) is 0 Å². The molecular weight excluding hydrogens is 949 g/mol. The van der Waals surface area contributed by atoms with Gasteiger partial charge in [-0.2, -0.15) is 0 Å². The van der Waals surface area contributed by atoms with E-state index in [1.807, 2.05) is 0 Å². The van der Waals surface area contributed by atoms with Crippen molar-refractivity contribution in [1.82, 2.24) is 0 Å². The molecule has 1 atom stereocenters. The first-order valence-electron chi connectivity index (χ1n) is 29.9. The maximum atomic E-state index is 12.9. The summed E-state index contributed by atoms with van der Waals surface area (Å²) in [5, 5.41) is 0. The van der Waals surface area contributed by atoms with Crippen molar-refractivity contribution in [1.29, 1.82) is 0 Å². The molecule has 0 aliphatic rings. The number of rotatable bonds is 51. The average molecular weight is 1060 g/mol. The van der Waals surface area contributed by atoms with Crippen molar-refractivity contribution in [2.45, 2.75) is 219 Å². The van der Waals surface area contributed by atoms with Crippen molar-refractivity contribution in [3.63, 3.8) is 0 Å². The molecule has 0 aromatic heterocycles. The number of carbonyl (C=O) groups excluding carboxylic acids is 3. The minimum atomic E-state index is -0.851. The van der Waals surface area contributed by atoms with Crippen molar-refractivity contribution < 1.29 is 28.6 Å². The second-order valence-electron chi connectivity index (χ2n) is 18.8. The van der Waals surface area contributed by atoms with E-state index in [0.29, 0.717) is 19.3 Å². The minimum Gasteiger partial charge on any atom is -0.462 e. The Morgan fingerprint density at radius 3 is 0.844 bits per heavy atom. The van der Waals surface area contributed by atoms with E-state index in [9.17, 15) is 14.4 Å². The van der Waals surface area contributed by atoms with Gasteiger partial charge in [0.2, 0.25) is 0 Å². The van der Waals surface area contributed by atoms with E-state index < -0.39 is 12.1 Å². The first-order valence-corrected chi connectivity index (χ1v) is 29.9. The van der Waals surface area contributed by atoms with Crippen LogP contribution in [0.25, 0.3) is 0 Å². The third kappa shape index (κ3) is 61.0. The summed E-state index contributed by atoms with van der Waals surface area (Å²) in [4.78, 5) is 38.2. The molecule has 0 N–H and O–H groups in total. The topological polar surface area (TPSA) is 78.9 Å². The van der Waals surface area contributed by atoms with Crippen molar-refractivity contribution in [3.05, 3.63) is 194 Å². The Bertz CT molecular complexity index is 1880. The van der Waals surface area contributed by atoms with E-state index in [1.165, 1.54) is 6.42 Å². The standard InChI is InChI=1S/C71H106O6/c1-4-7-10-13-16-19-22-25-27-29-31-33-35-37-39-41-43-46-49-52-55-58-61-64-70(73)76-67-68(66-75-69(72)63-60-57-54-51-48-45-24-21-18-15-12-9-6-3)77-71(74)65-62-59-56-53-50-47-44-42-40-38-36-34-32-30-28-26-23-20-17-14-11-8-5-2/h7-8,10-12,15-17,19-21,24-28,31-34,37-40,43-44,46-47,52-53,55-56,68H,4-6,9,13-14,18,22-23,29-30,35-36,41-42,45,48-51,54,57-67H2,1-3H3/b10-7-,11-8-,15-12-,19-16-,20-17-,24-21-,27-25-,28-26-,33-31-,34-32-,39-37-,40-38-,46-43-,47-44-,55-52-,56-53-. The number of esters is 3. The zero-order valence-corrected chi connectivity index (χ0v) is 48.6. The van der Waals surface area contributed by atoms with Gasteiger partial charge >= 0.3 is 17.9 Å².